The molecule has 0 aliphatic heterocycles. The number of aliphatic imine (C=N–C) groups is 1. The maximum Gasteiger partial charge on any atom is 0.253 e. The summed E-state index contributed by atoms with van der Waals surface area (Å²) in [5, 5.41) is 4.23. The predicted molar refractivity (Wildman–Crippen MR) is 126 cm³/mol. The highest BCUT2D eigenvalue weighted by Crippen LogP contribution is 2.60. The van der Waals surface area contributed by atoms with Crippen LogP contribution >= 0.6 is 0 Å². The van der Waals surface area contributed by atoms with Crippen molar-refractivity contribution in [1.82, 2.24) is 9.88 Å². The third-order valence-corrected chi connectivity index (χ3v) is 7.98. The van der Waals surface area contributed by atoms with Gasteiger partial charge < -0.3 is 11.1 Å². The minimum absolute atomic E-state index is 0.0130. The largest absolute Gasteiger partial charge is 0.369 e. The molecule has 0 spiro atoms. The molecule has 5 rings (SSSR count). The van der Waals surface area contributed by atoms with Gasteiger partial charge in [-0.25, -0.2) is 4.99 Å². The van der Waals surface area contributed by atoms with Gasteiger partial charge in [0.1, 0.15) is 0 Å². The summed E-state index contributed by atoms with van der Waals surface area (Å²) >= 11 is 0. The number of hydrogen-bond donors (Lipinski definition) is 2. The Morgan fingerprint density at radius 1 is 1.29 bits per heavy atom. The van der Waals surface area contributed by atoms with Gasteiger partial charge in [-0.15, -0.1) is 0 Å². The van der Waals surface area contributed by atoms with Gasteiger partial charge in [0, 0.05) is 24.3 Å². The number of aromatic nitrogens is 1. The first-order chi connectivity index (χ1) is 15.1. The Morgan fingerprint density at radius 3 is 3.00 bits per heavy atom. The summed E-state index contributed by atoms with van der Waals surface area (Å²) in [6.45, 7) is 4.44. The van der Waals surface area contributed by atoms with E-state index in [1.54, 1.807) is 22.9 Å². The Labute approximate surface area is 184 Å². The third kappa shape index (κ3) is 3.60. The van der Waals surface area contributed by atoms with Crippen molar-refractivity contribution < 1.29 is 4.79 Å². The molecule has 5 nitrogen and oxygen atoms in total. The maximum atomic E-state index is 13.3. The zero-order valence-corrected chi connectivity index (χ0v) is 18.1. The van der Waals surface area contributed by atoms with Crippen LogP contribution in [0.2, 0.25) is 0 Å². The summed E-state index contributed by atoms with van der Waals surface area (Å²) in [5.74, 6) is 2.91. The lowest BCUT2D eigenvalue weighted by atomic mass is 9.74. The van der Waals surface area contributed by atoms with Gasteiger partial charge in [0.15, 0.2) is 0 Å². The van der Waals surface area contributed by atoms with Crippen molar-refractivity contribution in [3.63, 3.8) is 0 Å². The summed E-state index contributed by atoms with van der Waals surface area (Å²) in [6.07, 6.45) is 16.2. The Bertz CT molecular complexity index is 1060. The zero-order valence-electron chi connectivity index (χ0n) is 18.1. The number of carbonyl (C=O) groups is 1. The summed E-state index contributed by atoms with van der Waals surface area (Å²) < 4.78 is 1.79. The minimum Gasteiger partial charge on any atom is -0.369 e. The molecule has 1 aromatic carbocycles. The van der Waals surface area contributed by atoms with E-state index in [1.165, 1.54) is 44.9 Å². The molecule has 3 aliphatic carbocycles. The molecule has 3 saturated carbocycles. The van der Waals surface area contributed by atoms with Crippen molar-refractivity contribution in [3.8, 4) is 0 Å². The van der Waals surface area contributed by atoms with E-state index in [0.717, 1.165) is 35.2 Å². The van der Waals surface area contributed by atoms with E-state index in [2.05, 4.69) is 16.9 Å². The molecule has 2 aromatic rings. The monoisotopic (exact) mass is 416 g/mol. The van der Waals surface area contributed by atoms with Crippen LogP contribution in [-0.4, -0.2) is 23.0 Å². The van der Waals surface area contributed by atoms with Crippen molar-refractivity contribution in [3.05, 3.63) is 61.0 Å². The van der Waals surface area contributed by atoms with Crippen LogP contribution in [0, 0.1) is 23.2 Å². The Balaban J connectivity index is 1.40. The van der Waals surface area contributed by atoms with Gasteiger partial charge in [-0.1, -0.05) is 43.7 Å². The quantitative estimate of drug-likeness (QED) is 0.416. The van der Waals surface area contributed by atoms with Crippen LogP contribution in [0.5, 0.6) is 0 Å². The van der Waals surface area contributed by atoms with E-state index < -0.39 is 0 Å². The predicted octanol–water partition coefficient (Wildman–Crippen LogP) is 4.84. The standard InChI is InChI=1S/C26H32N4O/c1-2-3-11-28-25(27)30-16-22(21-8-4-5-9-23(21)30)24(31)29-17-26-10-6-7-18-12-19(15-26)14-20(26)13-18/h2-5,8-9,11,16,18-20H,1,6-7,10,12-15,17H2,(H2,27,28)(H,29,31)/b11-3-. The highest BCUT2D eigenvalue weighted by molar-refractivity contribution is 6.09. The van der Waals surface area contributed by atoms with Gasteiger partial charge in [0.2, 0.25) is 5.96 Å². The molecule has 5 heteroatoms. The summed E-state index contributed by atoms with van der Waals surface area (Å²) in [4.78, 5) is 17.6. The molecule has 3 bridgehead atoms. The van der Waals surface area contributed by atoms with E-state index in [1.807, 2.05) is 30.5 Å². The lowest BCUT2D eigenvalue weighted by Gasteiger charge is -2.34. The topological polar surface area (TPSA) is 72.4 Å². The van der Waals surface area contributed by atoms with Gasteiger partial charge in [-0.3, -0.25) is 9.36 Å². The lowest BCUT2D eigenvalue weighted by Crippen LogP contribution is -2.39. The fourth-order valence-corrected chi connectivity index (χ4v) is 6.71. The SMILES string of the molecule is C=C/C=C\N=C(/N)n1cc(C(=O)NCC23CCCC4CC(CC2C4)C3)c2ccccc21. The van der Waals surface area contributed by atoms with Crippen LogP contribution in [0.25, 0.3) is 10.9 Å². The van der Waals surface area contributed by atoms with Gasteiger partial charge in [-0.2, -0.15) is 0 Å². The van der Waals surface area contributed by atoms with Crippen LogP contribution < -0.4 is 11.1 Å². The fraction of sp³-hybridized carbons (Fsp3) is 0.462. The number of para-hydroxylation sites is 1. The Hall–Kier alpha value is -2.82. The molecule has 1 aromatic heterocycles. The molecule has 4 atom stereocenters. The molecule has 1 amide bonds. The van der Waals surface area contributed by atoms with Crippen LogP contribution in [0.15, 0.2) is 60.4 Å². The summed E-state index contributed by atoms with van der Waals surface area (Å²) in [6, 6.07) is 7.85. The number of rotatable bonds is 5. The lowest BCUT2D eigenvalue weighted by molar-refractivity contribution is 0.0905. The Kier molecular flexibility index (Phi) is 5.20. The normalized spacial score (nSPS) is 30.1. The van der Waals surface area contributed by atoms with Gasteiger partial charge in [-0.05, 0) is 67.4 Å². The first-order valence-corrected chi connectivity index (χ1v) is 11.6. The number of nitrogens with zero attached hydrogens (tertiary/aromatic N) is 2. The van der Waals surface area contributed by atoms with Crippen molar-refractivity contribution in [2.24, 2.45) is 33.9 Å². The van der Waals surface area contributed by atoms with E-state index >= 15 is 0 Å². The van der Waals surface area contributed by atoms with Crippen LogP contribution in [0.3, 0.4) is 0 Å². The molecule has 0 radical (unpaired) electrons. The molecule has 4 unspecified atom stereocenters. The number of hydrogen-bond acceptors (Lipinski definition) is 2. The summed E-state index contributed by atoms with van der Waals surface area (Å²) in [5.41, 5.74) is 8.05. The molecule has 3 aliphatic rings. The molecule has 31 heavy (non-hydrogen) atoms. The zero-order chi connectivity index (χ0) is 21.4. The second-order valence-electron chi connectivity index (χ2n) is 9.77. The molecular weight excluding hydrogens is 384 g/mol. The van der Waals surface area contributed by atoms with E-state index in [0.29, 0.717) is 16.9 Å². The van der Waals surface area contributed by atoms with Crippen LogP contribution in [0.4, 0.5) is 0 Å². The molecule has 3 fully saturated rings. The number of nitrogens with two attached hydrogens (primary N) is 1. The van der Waals surface area contributed by atoms with E-state index in [-0.39, 0.29) is 5.91 Å². The van der Waals surface area contributed by atoms with Gasteiger partial charge in [0.25, 0.3) is 5.91 Å². The van der Waals surface area contributed by atoms with Crippen molar-refractivity contribution in [2.45, 2.75) is 44.9 Å². The molecular formula is C26H32N4O. The number of fused-ring (bicyclic) bond motifs is 3. The average molecular weight is 417 g/mol. The van der Waals surface area contributed by atoms with Crippen molar-refractivity contribution in [1.29, 1.82) is 0 Å². The number of carbonyl (C=O) groups excluding carboxylic acids is 1. The van der Waals surface area contributed by atoms with Crippen molar-refractivity contribution >= 4 is 22.8 Å². The number of nitrogens with one attached hydrogen (secondary N) is 1. The molecule has 0 saturated heterocycles. The van der Waals surface area contributed by atoms with E-state index in [9.17, 15) is 4.79 Å². The minimum atomic E-state index is -0.0130. The number of amides is 1. The smallest absolute Gasteiger partial charge is 0.253 e. The van der Waals surface area contributed by atoms with Gasteiger partial charge >= 0.3 is 0 Å². The Morgan fingerprint density at radius 2 is 2.13 bits per heavy atom. The maximum absolute atomic E-state index is 13.3. The fourth-order valence-electron chi connectivity index (χ4n) is 6.71. The summed E-state index contributed by atoms with van der Waals surface area (Å²) in [7, 11) is 0. The number of allylic oxidation sites excluding steroid dienone is 2. The molecule has 162 valence electrons. The van der Waals surface area contributed by atoms with Gasteiger partial charge in [0.05, 0.1) is 11.1 Å². The van der Waals surface area contributed by atoms with Crippen LogP contribution in [0.1, 0.15) is 55.3 Å². The molecule has 1 heterocycles. The first-order valence-electron chi connectivity index (χ1n) is 11.6. The number of benzene rings is 1. The third-order valence-electron chi connectivity index (χ3n) is 7.98. The highest BCUT2D eigenvalue weighted by atomic mass is 16.1. The van der Waals surface area contributed by atoms with Crippen molar-refractivity contribution in [2.75, 3.05) is 6.54 Å². The van der Waals surface area contributed by atoms with E-state index in [4.69, 9.17) is 5.73 Å². The highest BCUT2D eigenvalue weighted by Gasteiger charge is 2.52. The second-order valence-corrected chi connectivity index (χ2v) is 9.77. The second kappa shape index (κ2) is 8.03. The average Bonchev–Trinajstić information content (AvgIpc) is 3.23. The molecule has 3 N–H and O–H groups in total. The first kappa shape index (κ1) is 20.1. The van der Waals surface area contributed by atoms with Crippen LogP contribution in [-0.2, 0) is 0 Å².